The third-order valence-corrected chi connectivity index (χ3v) is 5.51. The first kappa shape index (κ1) is 17.6. The summed E-state index contributed by atoms with van der Waals surface area (Å²) in [6, 6.07) is 9.81. The summed E-state index contributed by atoms with van der Waals surface area (Å²) in [6.07, 6.45) is 0.809. The van der Waals surface area contributed by atoms with E-state index in [-0.39, 0.29) is 6.03 Å². The lowest BCUT2D eigenvalue weighted by atomic mass is 10.3. The normalized spacial score (nSPS) is 10.6. The Hall–Kier alpha value is -2.25. The van der Waals surface area contributed by atoms with Crippen molar-refractivity contribution < 1.29 is 4.79 Å². The third kappa shape index (κ3) is 5.11. The van der Waals surface area contributed by atoms with Crippen molar-refractivity contribution in [1.29, 1.82) is 0 Å². The van der Waals surface area contributed by atoms with E-state index in [2.05, 4.69) is 38.1 Å². The lowest BCUT2D eigenvalue weighted by Gasteiger charge is -2.07. The van der Waals surface area contributed by atoms with Gasteiger partial charge in [-0.3, -0.25) is 4.98 Å². The largest absolute Gasteiger partial charge is 0.338 e. The second-order valence-corrected chi connectivity index (χ2v) is 7.88. The lowest BCUT2D eigenvalue weighted by molar-refractivity contribution is 0.240. The van der Waals surface area contributed by atoms with Gasteiger partial charge in [0.2, 0.25) is 0 Å². The van der Waals surface area contributed by atoms with Crippen molar-refractivity contribution in [3.05, 3.63) is 57.0 Å². The molecule has 0 fully saturated rings. The van der Waals surface area contributed by atoms with Gasteiger partial charge in [-0.2, -0.15) is 0 Å². The number of thiazole rings is 1. The van der Waals surface area contributed by atoms with Crippen LogP contribution in [-0.4, -0.2) is 22.5 Å². The van der Waals surface area contributed by atoms with Gasteiger partial charge in [0, 0.05) is 22.5 Å². The van der Waals surface area contributed by atoms with Gasteiger partial charge in [-0.05, 0) is 44.5 Å². The van der Waals surface area contributed by atoms with Crippen LogP contribution in [-0.2, 0) is 13.0 Å². The monoisotopic (exact) mass is 372 g/mol. The summed E-state index contributed by atoms with van der Waals surface area (Å²) in [6.45, 7) is 4.98. The quantitative estimate of drug-likeness (QED) is 0.689. The van der Waals surface area contributed by atoms with E-state index in [1.165, 1.54) is 9.75 Å². The van der Waals surface area contributed by atoms with Crippen LogP contribution in [0, 0.1) is 13.8 Å². The number of urea groups is 1. The summed E-state index contributed by atoms with van der Waals surface area (Å²) < 4.78 is 0. The number of aromatic nitrogens is 2. The molecule has 25 heavy (non-hydrogen) atoms. The molecule has 0 unspecified atom stereocenters. The van der Waals surface area contributed by atoms with Gasteiger partial charge in [0.25, 0.3) is 0 Å². The Balaban J connectivity index is 1.42. The van der Waals surface area contributed by atoms with Crippen LogP contribution in [0.5, 0.6) is 0 Å². The molecule has 0 saturated heterocycles. The second kappa shape index (κ2) is 8.22. The number of hydrogen-bond acceptors (Lipinski definition) is 5. The van der Waals surface area contributed by atoms with Crippen molar-refractivity contribution in [1.82, 2.24) is 20.6 Å². The highest BCUT2D eigenvalue weighted by Gasteiger charge is 2.07. The first-order valence-corrected chi connectivity index (χ1v) is 9.75. The fraction of sp³-hybridized carbons (Fsp3) is 0.278. The Bertz CT molecular complexity index is 856. The second-order valence-electron chi connectivity index (χ2n) is 5.65. The maximum Gasteiger partial charge on any atom is 0.315 e. The van der Waals surface area contributed by atoms with Crippen molar-refractivity contribution in [3.8, 4) is 10.6 Å². The molecule has 7 heteroatoms. The van der Waals surface area contributed by atoms with Crippen molar-refractivity contribution in [2.75, 3.05) is 6.54 Å². The van der Waals surface area contributed by atoms with Crippen LogP contribution in [0.2, 0.25) is 0 Å². The molecule has 3 aromatic rings. The molecule has 0 saturated carbocycles. The van der Waals surface area contributed by atoms with E-state index in [1.54, 1.807) is 22.7 Å². The average Bonchev–Trinajstić information content (AvgIpc) is 3.22. The Kier molecular flexibility index (Phi) is 5.78. The van der Waals surface area contributed by atoms with E-state index in [0.29, 0.717) is 13.1 Å². The van der Waals surface area contributed by atoms with Gasteiger partial charge < -0.3 is 10.6 Å². The molecule has 0 spiro atoms. The van der Waals surface area contributed by atoms with Crippen LogP contribution in [0.25, 0.3) is 10.6 Å². The predicted octanol–water partition coefficient (Wildman–Crippen LogP) is 3.93. The molecule has 2 N–H and O–H groups in total. The zero-order valence-electron chi connectivity index (χ0n) is 14.2. The predicted molar refractivity (Wildman–Crippen MR) is 103 cm³/mol. The first-order chi connectivity index (χ1) is 12.1. The molecule has 2 amide bonds. The zero-order chi connectivity index (χ0) is 17.6. The third-order valence-electron chi connectivity index (χ3n) is 3.57. The number of nitrogens with one attached hydrogen (secondary N) is 2. The number of thiophene rings is 1. The summed E-state index contributed by atoms with van der Waals surface area (Å²) in [5.41, 5.74) is 2.84. The van der Waals surface area contributed by atoms with E-state index >= 15 is 0 Å². The molecule has 3 aromatic heterocycles. The Morgan fingerprint density at radius 2 is 2.00 bits per heavy atom. The van der Waals surface area contributed by atoms with E-state index in [1.807, 2.05) is 32.0 Å². The topological polar surface area (TPSA) is 66.9 Å². The number of pyridine rings is 1. The fourth-order valence-corrected chi connectivity index (χ4v) is 4.01. The van der Waals surface area contributed by atoms with Gasteiger partial charge in [0.1, 0.15) is 0 Å². The van der Waals surface area contributed by atoms with Gasteiger partial charge >= 0.3 is 6.03 Å². The molecule has 0 aliphatic heterocycles. The number of carbonyl (C=O) groups excluding carboxylic acids is 1. The Morgan fingerprint density at radius 1 is 1.12 bits per heavy atom. The maximum absolute atomic E-state index is 11.9. The highest BCUT2D eigenvalue weighted by Crippen LogP contribution is 2.29. The Morgan fingerprint density at radius 3 is 2.76 bits per heavy atom. The molecule has 0 radical (unpaired) electrons. The molecular formula is C18H20N4OS2. The SMILES string of the molecule is Cc1cccc(CNC(=O)NCCc2ccc(-c3csc(C)n3)s2)n1. The molecule has 130 valence electrons. The van der Waals surface area contributed by atoms with Gasteiger partial charge in [0.15, 0.2) is 0 Å². The minimum atomic E-state index is -0.171. The van der Waals surface area contributed by atoms with Crippen LogP contribution >= 0.6 is 22.7 Å². The summed E-state index contributed by atoms with van der Waals surface area (Å²) in [4.78, 5) is 23.1. The number of rotatable bonds is 6. The molecule has 3 rings (SSSR count). The molecule has 3 heterocycles. The number of hydrogen-bond donors (Lipinski definition) is 2. The molecule has 0 aliphatic rings. The van der Waals surface area contributed by atoms with Crippen molar-refractivity contribution in [2.45, 2.75) is 26.8 Å². The van der Waals surface area contributed by atoms with E-state index in [9.17, 15) is 4.79 Å². The van der Waals surface area contributed by atoms with Crippen LogP contribution in [0.1, 0.15) is 21.3 Å². The summed E-state index contributed by atoms with van der Waals surface area (Å²) >= 11 is 3.39. The van der Waals surface area contributed by atoms with Crippen LogP contribution in [0.15, 0.2) is 35.7 Å². The van der Waals surface area contributed by atoms with Crippen LogP contribution in [0.3, 0.4) is 0 Å². The van der Waals surface area contributed by atoms with Gasteiger partial charge in [-0.15, -0.1) is 22.7 Å². The van der Waals surface area contributed by atoms with Gasteiger partial charge in [-0.25, -0.2) is 9.78 Å². The average molecular weight is 373 g/mol. The molecule has 5 nitrogen and oxygen atoms in total. The van der Waals surface area contributed by atoms with Gasteiger partial charge in [-0.1, -0.05) is 6.07 Å². The van der Waals surface area contributed by atoms with E-state index < -0.39 is 0 Å². The van der Waals surface area contributed by atoms with Crippen LogP contribution in [0.4, 0.5) is 4.79 Å². The van der Waals surface area contributed by atoms with E-state index in [4.69, 9.17) is 0 Å². The number of amides is 2. The molecule has 0 atom stereocenters. The summed E-state index contributed by atoms with van der Waals surface area (Å²) in [5.74, 6) is 0. The smallest absolute Gasteiger partial charge is 0.315 e. The van der Waals surface area contributed by atoms with Crippen LogP contribution < -0.4 is 10.6 Å². The van der Waals surface area contributed by atoms with E-state index in [0.717, 1.165) is 28.5 Å². The Labute approximate surface area is 155 Å². The number of nitrogens with zero attached hydrogens (tertiary/aromatic N) is 2. The standard InChI is InChI=1S/C18H20N4OS2/c1-12-4-3-5-14(21-12)10-20-18(23)19-9-8-15-6-7-17(25-15)16-11-24-13(2)22-16/h3-7,11H,8-10H2,1-2H3,(H2,19,20,23). The number of aryl methyl sites for hydroxylation is 2. The van der Waals surface area contributed by atoms with Crippen molar-refractivity contribution in [3.63, 3.8) is 0 Å². The number of carbonyl (C=O) groups is 1. The van der Waals surface area contributed by atoms with Crippen molar-refractivity contribution >= 4 is 28.7 Å². The molecule has 0 bridgehead atoms. The minimum Gasteiger partial charge on any atom is -0.338 e. The lowest BCUT2D eigenvalue weighted by Crippen LogP contribution is -2.36. The fourth-order valence-electron chi connectivity index (χ4n) is 2.36. The van der Waals surface area contributed by atoms with Gasteiger partial charge in [0.05, 0.1) is 27.8 Å². The maximum atomic E-state index is 11.9. The van der Waals surface area contributed by atoms with Crippen molar-refractivity contribution in [2.24, 2.45) is 0 Å². The minimum absolute atomic E-state index is 0.171. The first-order valence-electron chi connectivity index (χ1n) is 8.05. The zero-order valence-corrected chi connectivity index (χ0v) is 15.8. The summed E-state index contributed by atoms with van der Waals surface area (Å²) in [5, 5.41) is 8.87. The molecule has 0 aliphatic carbocycles. The molecular weight excluding hydrogens is 352 g/mol. The highest BCUT2D eigenvalue weighted by atomic mass is 32.1. The summed E-state index contributed by atoms with van der Waals surface area (Å²) in [7, 11) is 0. The molecule has 0 aromatic carbocycles. The highest BCUT2D eigenvalue weighted by molar-refractivity contribution is 7.16.